The fraction of sp³-hybridized carbons (Fsp3) is 0.769. The molecule has 1 aromatic rings. The Morgan fingerprint density at radius 2 is 2.16 bits per heavy atom. The lowest BCUT2D eigenvalue weighted by Crippen LogP contribution is -2.25. The van der Waals surface area contributed by atoms with E-state index in [0.29, 0.717) is 24.0 Å². The molecule has 6 heteroatoms. The molecule has 1 N–H and O–H groups in total. The van der Waals surface area contributed by atoms with Crippen molar-refractivity contribution in [1.82, 2.24) is 9.78 Å². The summed E-state index contributed by atoms with van der Waals surface area (Å²) >= 11 is 0. The molecular weight excluding hydrogens is 244 g/mol. The van der Waals surface area contributed by atoms with Gasteiger partial charge in [-0.1, -0.05) is 12.8 Å². The highest BCUT2D eigenvalue weighted by Crippen LogP contribution is 2.33. The molecule has 1 fully saturated rings. The van der Waals surface area contributed by atoms with Crippen LogP contribution in [0.2, 0.25) is 0 Å². The van der Waals surface area contributed by atoms with Crippen molar-refractivity contribution in [2.75, 3.05) is 5.32 Å². The molecule has 1 aliphatic rings. The first kappa shape index (κ1) is 13.8. The van der Waals surface area contributed by atoms with Crippen LogP contribution in [-0.2, 0) is 6.54 Å². The number of aryl methyl sites for hydroxylation is 2. The van der Waals surface area contributed by atoms with Crippen LogP contribution in [-0.4, -0.2) is 20.7 Å². The van der Waals surface area contributed by atoms with Crippen LogP contribution in [0.25, 0.3) is 0 Å². The molecule has 1 heterocycles. The Labute approximate surface area is 113 Å². The summed E-state index contributed by atoms with van der Waals surface area (Å²) in [6.07, 6.45) is 4.96. The van der Waals surface area contributed by atoms with E-state index in [9.17, 15) is 10.1 Å². The normalized spacial score (nSPS) is 17.6. The zero-order valence-electron chi connectivity index (χ0n) is 11.8. The van der Waals surface area contributed by atoms with Crippen LogP contribution in [0.3, 0.4) is 0 Å². The van der Waals surface area contributed by atoms with E-state index in [0.717, 1.165) is 0 Å². The summed E-state index contributed by atoms with van der Waals surface area (Å²) in [4.78, 5) is 10.9. The third-order valence-corrected chi connectivity index (χ3v) is 4.05. The van der Waals surface area contributed by atoms with Crippen LogP contribution >= 0.6 is 0 Å². The minimum absolute atomic E-state index is 0.117. The van der Waals surface area contributed by atoms with Crippen molar-refractivity contribution >= 4 is 11.5 Å². The van der Waals surface area contributed by atoms with E-state index in [1.807, 2.05) is 6.92 Å². The zero-order chi connectivity index (χ0) is 14.0. The highest BCUT2D eigenvalue weighted by molar-refractivity contribution is 5.60. The average molecular weight is 266 g/mol. The van der Waals surface area contributed by atoms with E-state index in [-0.39, 0.29) is 16.7 Å². The Balaban J connectivity index is 2.24. The Bertz CT molecular complexity index is 463. The number of aromatic nitrogens is 2. The summed E-state index contributed by atoms with van der Waals surface area (Å²) < 4.78 is 1.69. The Kier molecular flexibility index (Phi) is 4.07. The molecule has 1 unspecified atom stereocenters. The predicted octanol–water partition coefficient (Wildman–Crippen LogP) is 3.11. The number of nitro groups is 1. The van der Waals surface area contributed by atoms with Gasteiger partial charge in [0.1, 0.15) is 5.69 Å². The smallest absolute Gasteiger partial charge is 0.333 e. The summed E-state index contributed by atoms with van der Waals surface area (Å²) in [6, 6.07) is 0.252. The summed E-state index contributed by atoms with van der Waals surface area (Å²) in [5, 5.41) is 18.8. The molecular formula is C13H22N4O2. The van der Waals surface area contributed by atoms with E-state index in [1.54, 1.807) is 11.6 Å². The lowest BCUT2D eigenvalue weighted by molar-refractivity contribution is -0.384. The topological polar surface area (TPSA) is 73.0 Å². The van der Waals surface area contributed by atoms with Crippen molar-refractivity contribution in [3.8, 4) is 0 Å². The maximum Gasteiger partial charge on any atom is 0.333 e. The minimum Gasteiger partial charge on any atom is -0.362 e. The third kappa shape index (κ3) is 2.72. The molecule has 1 atom stereocenters. The first-order valence-electron chi connectivity index (χ1n) is 7.03. The number of rotatable bonds is 5. The van der Waals surface area contributed by atoms with Crippen LogP contribution in [0.4, 0.5) is 11.5 Å². The van der Waals surface area contributed by atoms with Gasteiger partial charge in [0.05, 0.1) is 4.92 Å². The molecule has 0 amide bonds. The standard InChI is InChI=1S/C13H22N4O2/c1-4-16-13(12(17(18)19)10(3)15-16)14-9(2)11-7-5-6-8-11/h9,11,14H,4-8H2,1-3H3. The van der Waals surface area contributed by atoms with Crippen molar-refractivity contribution in [1.29, 1.82) is 0 Å². The van der Waals surface area contributed by atoms with E-state index in [1.165, 1.54) is 25.7 Å². The molecule has 0 aliphatic heterocycles. The maximum absolute atomic E-state index is 11.2. The molecule has 0 spiro atoms. The molecule has 106 valence electrons. The first-order valence-corrected chi connectivity index (χ1v) is 7.03. The number of hydrogen-bond donors (Lipinski definition) is 1. The lowest BCUT2D eigenvalue weighted by atomic mass is 10.00. The molecule has 19 heavy (non-hydrogen) atoms. The quantitative estimate of drug-likeness (QED) is 0.656. The van der Waals surface area contributed by atoms with Gasteiger partial charge < -0.3 is 5.32 Å². The summed E-state index contributed by atoms with van der Waals surface area (Å²) in [6.45, 7) is 6.38. The molecule has 1 aliphatic carbocycles. The summed E-state index contributed by atoms with van der Waals surface area (Å²) in [5.74, 6) is 1.17. The van der Waals surface area contributed by atoms with Crippen LogP contribution in [0.5, 0.6) is 0 Å². The van der Waals surface area contributed by atoms with Crippen molar-refractivity contribution in [3.63, 3.8) is 0 Å². The van der Waals surface area contributed by atoms with Gasteiger partial charge in [0.2, 0.25) is 5.82 Å². The average Bonchev–Trinajstić information content (AvgIpc) is 2.96. The lowest BCUT2D eigenvalue weighted by Gasteiger charge is -2.21. The van der Waals surface area contributed by atoms with Gasteiger partial charge in [0.15, 0.2) is 0 Å². The van der Waals surface area contributed by atoms with Crippen LogP contribution in [0.15, 0.2) is 0 Å². The molecule has 1 aromatic heterocycles. The molecule has 6 nitrogen and oxygen atoms in total. The van der Waals surface area contributed by atoms with Crippen LogP contribution < -0.4 is 5.32 Å². The van der Waals surface area contributed by atoms with Gasteiger partial charge in [-0.3, -0.25) is 10.1 Å². The Morgan fingerprint density at radius 1 is 1.53 bits per heavy atom. The second-order valence-corrected chi connectivity index (χ2v) is 5.33. The van der Waals surface area contributed by atoms with Crippen molar-refractivity contribution < 1.29 is 4.92 Å². The van der Waals surface area contributed by atoms with E-state index in [4.69, 9.17) is 0 Å². The fourth-order valence-electron chi connectivity index (χ4n) is 2.95. The van der Waals surface area contributed by atoms with Crippen molar-refractivity contribution in [2.24, 2.45) is 5.92 Å². The van der Waals surface area contributed by atoms with Gasteiger partial charge in [0.25, 0.3) is 0 Å². The molecule has 0 radical (unpaired) electrons. The largest absolute Gasteiger partial charge is 0.362 e. The second kappa shape index (κ2) is 5.59. The fourth-order valence-corrected chi connectivity index (χ4v) is 2.95. The number of hydrogen-bond acceptors (Lipinski definition) is 4. The van der Waals surface area contributed by atoms with Gasteiger partial charge in [-0.05, 0) is 39.5 Å². The molecule has 1 saturated carbocycles. The van der Waals surface area contributed by atoms with Crippen LogP contribution in [0.1, 0.15) is 45.2 Å². The zero-order valence-corrected chi connectivity index (χ0v) is 11.8. The van der Waals surface area contributed by atoms with Gasteiger partial charge >= 0.3 is 5.69 Å². The minimum atomic E-state index is -0.335. The van der Waals surface area contributed by atoms with E-state index in [2.05, 4.69) is 17.3 Å². The van der Waals surface area contributed by atoms with Gasteiger partial charge in [0, 0.05) is 12.6 Å². The number of nitrogens with zero attached hydrogens (tertiary/aromatic N) is 3. The Hall–Kier alpha value is -1.59. The van der Waals surface area contributed by atoms with Gasteiger partial charge in [-0.25, -0.2) is 4.68 Å². The first-order chi connectivity index (χ1) is 9.04. The predicted molar refractivity (Wildman–Crippen MR) is 74.3 cm³/mol. The van der Waals surface area contributed by atoms with Crippen molar-refractivity contribution in [3.05, 3.63) is 15.8 Å². The number of nitrogens with one attached hydrogen (secondary N) is 1. The van der Waals surface area contributed by atoms with Gasteiger partial charge in [-0.15, -0.1) is 0 Å². The van der Waals surface area contributed by atoms with Gasteiger partial charge in [-0.2, -0.15) is 5.10 Å². The highest BCUT2D eigenvalue weighted by Gasteiger charge is 2.28. The van der Waals surface area contributed by atoms with Crippen molar-refractivity contribution in [2.45, 2.75) is 59.0 Å². The van der Waals surface area contributed by atoms with E-state index < -0.39 is 0 Å². The summed E-state index contributed by atoms with van der Waals surface area (Å²) in [7, 11) is 0. The molecule has 0 saturated heterocycles. The van der Waals surface area contributed by atoms with Crippen LogP contribution in [0, 0.1) is 23.0 Å². The second-order valence-electron chi connectivity index (χ2n) is 5.33. The maximum atomic E-state index is 11.2. The third-order valence-electron chi connectivity index (χ3n) is 4.05. The Morgan fingerprint density at radius 3 is 2.68 bits per heavy atom. The summed E-state index contributed by atoms with van der Waals surface area (Å²) in [5.41, 5.74) is 0.597. The molecule has 0 bridgehead atoms. The molecule has 0 aromatic carbocycles. The molecule has 2 rings (SSSR count). The SMILES string of the molecule is CCn1nc(C)c([N+](=O)[O-])c1NC(C)C1CCCC1. The van der Waals surface area contributed by atoms with E-state index >= 15 is 0 Å². The highest BCUT2D eigenvalue weighted by atomic mass is 16.6. The number of anilines is 1. The monoisotopic (exact) mass is 266 g/mol.